The van der Waals surface area contributed by atoms with Gasteiger partial charge in [-0.1, -0.05) is 18.2 Å². The van der Waals surface area contributed by atoms with E-state index >= 15 is 0 Å². The number of hydrogen-bond donors (Lipinski definition) is 4. The van der Waals surface area contributed by atoms with E-state index in [4.69, 9.17) is 17.3 Å². The van der Waals surface area contributed by atoms with Gasteiger partial charge in [0.2, 0.25) is 0 Å². The number of thiocarbonyl (C=S) groups is 1. The lowest BCUT2D eigenvalue weighted by molar-refractivity contribution is 0.0697. The molecule has 1 heterocycles. The number of nitrogens with one attached hydrogen (secondary N) is 2. The quantitative estimate of drug-likeness (QED) is 0.229. The van der Waals surface area contributed by atoms with Crippen LogP contribution in [0.4, 0.5) is 5.69 Å². The van der Waals surface area contributed by atoms with E-state index in [-0.39, 0.29) is 16.4 Å². The highest BCUT2D eigenvalue weighted by Crippen LogP contribution is 2.40. The van der Waals surface area contributed by atoms with Crippen LogP contribution in [0.1, 0.15) is 46.8 Å². The third kappa shape index (κ3) is 4.81. The monoisotopic (exact) mass is 465 g/mol. The van der Waals surface area contributed by atoms with Crippen LogP contribution in [-0.4, -0.2) is 27.0 Å². The minimum absolute atomic E-state index is 0.162. The van der Waals surface area contributed by atoms with Gasteiger partial charge in [0.05, 0.1) is 21.7 Å². The van der Waals surface area contributed by atoms with Crippen LogP contribution in [-0.2, 0) is 12.8 Å². The van der Waals surface area contributed by atoms with Crippen molar-refractivity contribution in [1.82, 2.24) is 5.43 Å². The zero-order valence-electron chi connectivity index (χ0n) is 17.5. The number of carbonyl (C=O) groups is 1. The topological polar surface area (TPSA) is 94.0 Å². The summed E-state index contributed by atoms with van der Waals surface area (Å²) in [6.07, 6.45) is 4.67. The molecule has 32 heavy (non-hydrogen) atoms. The first-order valence-corrected chi connectivity index (χ1v) is 11.6. The summed E-state index contributed by atoms with van der Waals surface area (Å²) in [5.74, 6) is -0.800. The summed E-state index contributed by atoms with van der Waals surface area (Å²) >= 11 is 6.73. The number of carboxylic acid groups (broad SMARTS) is 1. The highest BCUT2D eigenvalue weighted by molar-refractivity contribution is 7.80. The predicted octanol–water partition coefficient (Wildman–Crippen LogP) is 5.41. The molecule has 3 aromatic rings. The molecule has 164 valence electrons. The average Bonchev–Trinajstić information content (AvgIpc) is 3.18. The maximum atomic E-state index is 11.1. The summed E-state index contributed by atoms with van der Waals surface area (Å²) in [5.41, 5.74) is 8.50. The molecule has 0 unspecified atom stereocenters. The molecule has 0 atom stereocenters. The van der Waals surface area contributed by atoms with E-state index in [1.165, 1.54) is 47.4 Å². The Bertz CT molecular complexity index is 1220. The number of rotatable bonds is 5. The van der Waals surface area contributed by atoms with Crippen molar-refractivity contribution in [3.05, 3.63) is 70.1 Å². The molecule has 4 N–H and O–H groups in total. The fourth-order valence-electron chi connectivity index (χ4n) is 3.77. The first-order valence-electron chi connectivity index (χ1n) is 10.3. The molecular weight excluding hydrogens is 442 g/mol. The van der Waals surface area contributed by atoms with Crippen molar-refractivity contribution in [3.63, 3.8) is 0 Å². The molecule has 0 fully saturated rings. The highest BCUT2D eigenvalue weighted by Gasteiger charge is 2.17. The standard InChI is InChI=1S/C24H23N3O3S2/c1-14(26-27-24(31)25-19-8-4-7-18(12-19)23(29)30)20-13-32-22(21(20)28)17-10-9-15-5-2-3-6-16(15)11-17/h4,7-13,28H,2-3,5-6H2,1H3,(H,29,30)(H2,25,27,31). The Hall–Kier alpha value is -3.23. The van der Waals surface area contributed by atoms with E-state index in [1.807, 2.05) is 5.38 Å². The number of fused-ring (bicyclic) bond motifs is 1. The molecule has 1 aliphatic carbocycles. The van der Waals surface area contributed by atoms with Crippen molar-refractivity contribution in [3.8, 4) is 16.2 Å². The molecule has 0 amide bonds. The van der Waals surface area contributed by atoms with E-state index in [0.717, 1.165) is 23.3 Å². The third-order valence-electron chi connectivity index (χ3n) is 5.46. The predicted molar refractivity (Wildman–Crippen MR) is 133 cm³/mol. The molecule has 0 saturated heterocycles. The number of thiophene rings is 1. The molecule has 6 nitrogen and oxygen atoms in total. The Balaban J connectivity index is 1.46. The van der Waals surface area contributed by atoms with Crippen LogP contribution in [0.15, 0.2) is 52.9 Å². The lowest BCUT2D eigenvalue weighted by Gasteiger charge is -2.16. The lowest BCUT2D eigenvalue weighted by atomic mass is 9.90. The van der Waals surface area contributed by atoms with Gasteiger partial charge in [-0.05, 0) is 85.8 Å². The van der Waals surface area contributed by atoms with Gasteiger partial charge in [0.1, 0.15) is 5.75 Å². The Morgan fingerprint density at radius 1 is 1.12 bits per heavy atom. The molecule has 1 aliphatic rings. The molecule has 0 bridgehead atoms. The molecule has 0 spiro atoms. The van der Waals surface area contributed by atoms with Gasteiger partial charge < -0.3 is 15.5 Å². The summed E-state index contributed by atoms with van der Waals surface area (Å²) in [4.78, 5) is 11.9. The molecule has 0 radical (unpaired) electrons. The van der Waals surface area contributed by atoms with Gasteiger partial charge in [-0.25, -0.2) is 4.79 Å². The minimum atomic E-state index is -1.01. The van der Waals surface area contributed by atoms with E-state index < -0.39 is 5.97 Å². The smallest absolute Gasteiger partial charge is 0.335 e. The maximum absolute atomic E-state index is 11.1. The van der Waals surface area contributed by atoms with Crippen LogP contribution < -0.4 is 10.7 Å². The summed E-state index contributed by atoms with van der Waals surface area (Å²) < 4.78 is 0. The SMILES string of the molecule is CC(=NNC(=S)Nc1cccc(C(=O)O)c1)c1csc(-c2ccc3c(c2)CCCC3)c1O. The van der Waals surface area contributed by atoms with Gasteiger partial charge in [-0.3, -0.25) is 5.43 Å². The number of aryl methyl sites for hydroxylation is 2. The first kappa shape index (κ1) is 22.0. The van der Waals surface area contributed by atoms with E-state index in [0.29, 0.717) is 17.0 Å². The number of anilines is 1. The molecule has 8 heteroatoms. The second kappa shape index (κ2) is 9.50. The van der Waals surface area contributed by atoms with Crippen LogP contribution in [0, 0.1) is 0 Å². The van der Waals surface area contributed by atoms with Crippen LogP contribution in [0.25, 0.3) is 10.4 Å². The Kier molecular flexibility index (Phi) is 6.53. The fourth-order valence-corrected chi connectivity index (χ4v) is 4.94. The van der Waals surface area contributed by atoms with Crippen molar-refractivity contribution in [2.45, 2.75) is 32.6 Å². The second-order valence-electron chi connectivity index (χ2n) is 7.67. The van der Waals surface area contributed by atoms with Gasteiger partial charge in [-0.2, -0.15) is 5.10 Å². The number of carboxylic acids is 1. The fraction of sp³-hybridized carbons (Fsp3) is 0.208. The normalized spacial score (nSPS) is 13.3. The number of aromatic carboxylic acids is 1. The zero-order valence-corrected chi connectivity index (χ0v) is 19.1. The van der Waals surface area contributed by atoms with Crippen LogP contribution in [0.2, 0.25) is 0 Å². The van der Waals surface area contributed by atoms with E-state index in [9.17, 15) is 9.90 Å². The largest absolute Gasteiger partial charge is 0.506 e. The zero-order chi connectivity index (χ0) is 22.7. The van der Waals surface area contributed by atoms with Gasteiger partial charge in [0, 0.05) is 11.1 Å². The van der Waals surface area contributed by atoms with Gasteiger partial charge in [-0.15, -0.1) is 11.3 Å². The van der Waals surface area contributed by atoms with Crippen molar-refractivity contribution >= 4 is 46.0 Å². The summed E-state index contributed by atoms with van der Waals surface area (Å²) in [7, 11) is 0. The third-order valence-corrected chi connectivity index (χ3v) is 6.67. The maximum Gasteiger partial charge on any atom is 0.335 e. The number of nitrogens with zero attached hydrogens (tertiary/aromatic N) is 1. The Morgan fingerprint density at radius 2 is 1.91 bits per heavy atom. The number of hydrogen-bond acceptors (Lipinski definition) is 5. The van der Waals surface area contributed by atoms with Crippen molar-refractivity contribution < 1.29 is 15.0 Å². The van der Waals surface area contributed by atoms with Crippen molar-refractivity contribution in [2.24, 2.45) is 5.10 Å². The first-order chi connectivity index (χ1) is 15.4. The molecule has 2 aromatic carbocycles. The van der Waals surface area contributed by atoms with E-state index in [1.54, 1.807) is 19.1 Å². The average molecular weight is 466 g/mol. The van der Waals surface area contributed by atoms with Crippen LogP contribution in [0.3, 0.4) is 0 Å². The van der Waals surface area contributed by atoms with E-state index in [2.05, 4.69) is 34.0 Å². The summed E-state index contributed by atoms with van der Waals surface area (Å²) in [6.45, 7) is 1.79. The minimum Gasteiger partial charge on any atom is -0.506 e. The second-order valence-corrected chi connectivity index (χ2v) is 8.95. The molecular formula is C24H23N3O3S2. The van der Waals surface area contributed by atoms with Crippen LogP contribution in [0.5, 0.6) is 5.75 Å². The van der Waals surface area contributed by atoms with Crippen molar-refractivity contribution in [2.75, 3.05) is 5.32 Å². The number of aromatic hydroxyl groups is 1. The Labute approximate surface area is 195 Å². The molecule has 0 aliphatic heterocycles. The van der Waals surface area contributed by atoms with Crippen molar-refractivity contribution in [1.29, 1.82) is 0 Å². The lowest BCUT2D eigenvalue weighted by Crippen LogP contribution is -2.25. The molecule has 0 saturated carbocycles. The van der Waals surface area contributed by atoms with Crippen LogP contribution >= 0.6 is 23.6 Å². The molecule has 4 rings (SSSR count). The Morgan fingerprint density at radius 3 is 2.69 bits per heavy atom. The van der Waals surface area contributed by atoms with Gasteiger partial charge in [0.25, 0.3) is 0 Å². The highest BCUT2D eigenvalue weighted by atomic mass is 32.1. The van der Waals surface area contributed by atoms with Gasteiger partial charge in [0.15, 0.2) is 5.11 Å². The summed E-state index contributed by atoms with van der Waals surface area (Å²) in [6, 6.07) is 12.8. The number of benzene rings is 2. The van der Waals surface area contributed by atoms with Gasteiger partial charge >= 0.3 is 5.97 Å². The molecule has 1 aromatic heterocycles. The number of hydrazone groups is 1. The summed E-state index contributed by atoms with van der Waals surface area (Å²) in [5, 5.41) is 29.2.